The summed E-state index contributed by atoms with van der Waals surface area (Å²) in [5.74, 6) is 2.13. The van der Waals surface area contributed by atoms with E-state index in [1.807, 2.05) is 18.3 Å². The van der Waals surface area contributed by atoms with Gasteiger partial charge in [0.05, 0.1) is 34.2 Å². The van der Waals surface area contributed by atoms with Gasteiger partial charge in [0.1, 0.15) is 29.5 Å². The minimum absolute atomic E-state index is 0.517. The third-order valence-corrected chi connectivity index (χ3v) is 5.44. The smallest absolute Gasteiger partial charge is 0.142 e. The van der Waals surface area contributed by atoms with E-state index in [4.69, 9.17) is 27.9 Å². The van der Waals surface area contributed by atoms with E-state index in [9.17, 15) is 0 Å². The van der Waals surface area contributed by atoms with Crippen LogP contribution in [0.1, 0.15) is 0 Å². The summed E-state index contributed by atoms with van der Waals surface area (Å²) in [5.41, 5.74) is 1.38. The number of nitrogens with one attached hydrogen (secondary N) is 1. The van der Waals surface area contributed by atoms with E-state index in [2.05, 4.69) is 30.3 Å². The molecule has 0 amide bonds. The number of morpholine rings is 1. The second kappa shape index (κ2) is 8.06. The van der Waals surface area contributed by atoms with Crippen LogP contribution in [-0.4, -0.2) is 51.0 Å². The zero-order chi connectivity index (χ0) is 20.5. The van der Waals surface area contributed by atoms with Crippen molar-refractivity contribution in [2.24, 2.45) is 0 Å². The summed E-state index contributed by atoms with van der Waals surface area (Å²) in [6.07, 6.45) is 5.09. The van der Waals surface area contributed by atoms with Crippen molar-refractivity contribution in [3.05, 3.63) is 59.1 Å². The number of aromatic nitrogens is 5. The SMILES string of the molecule is Clc1cccc(Cl)c1-n1cc2c(Nc3cc(N4CCOCC4)ncn3)nccc2n1. The molecule has 0 bridgehead atoms. The third-order valence-electron chi connectivity index (χ3n) is 4.83. The average molecular weight is 442 g/mol. The van der Waals surface area contributed by atoms with Crippen LogP contribution in [0, 0.1) is 0 Å². The zero-order valence-electron chi connectivity index (χ0n) is 15.8. The number of ether oxygens (including phenoxy) is 1. The summed E-state index contributed by atoms with van der Waals surface area (Å²) in [6, 6.07) is 9.09. The van der Waals surface area contributed by atoms with E-state index < -0.39 is 0 Å². The minimum Gasteiger partial charge on any atom is -0.378 e. The molecular formula is C20H17Cl2N7O. The highest BCUT2D eigenvalue weighted by atomic mass is 35.5. The topological polar surface area (TPSA) is 81.0 Å². The summed E-state index contributed by atoms with van der Waals surface area (Å²) >= 11 is 12.7. The van der Waals surface area contributed by atoms with E-state index in [-0.39, 0.29) is 0 Å². The Morgan fingerprint density at radius 1 is 1.00 bits per heavy atom. The Balaban J connectivity index is 1.49. The lowest BCUT2D eigenvalue weighted by Gasteiger charge is -2.27. The van der Waals surface area contributed by atoms with Crippen LogP contribution in [0.15, 0.2) is 49.1 Å². The van der Waals surface area contributed by atoms with Crippen LogP contribution in [0.5, 0.6) is 0 Å². The van der Waals surface area contributed by atoms with Crippen LogP contribution >= 0.6 is 23.2 Å². The van der Waals surface area contributed by atoms with Crippen LogP contribution in [0.25, 0.3) is 16.6 Å². The van der Waals surface area contributed by atoms with Crippen molar-refractivity contribution < 1.29 is 4.74 Å². The molecule has 4 aromatic rings. The maximum atomic E-state index is 6.35. The molecule has 1 aliphatic heterocycles. The summed E-state index contributed by atoms with van der Waals surface area (Å²) in [7, 11) is 0. The standard InChI is InChI=1S/C20H17Cl2N7O/c21-14-2-1-3-15(22)19(14)29-11-13-16(27-29)4-5-23-20(13)26-17-10-18(25-12-24-17)28-6-8-30-9-7-28/h1-5,10-12H,6-9H2,(H,23,24,25,26). The van der Waals surface area contributed by atoms with E-state index in [1.165, 1.54) is 0 Å². The number of rotatable bonds is 4. The molecule has 152 valence electrons. The lowest BCUT2D eigenvalue weighted by molar-refractivity contribution is 0.122. The number of halogens is 2. The Morgan fingerprint density at radius 3 is 2.60 bits per heavy atom. The lowest BCUT2D eigenvalue weighted by atomic mass is 10.3. The fourth-order valence-corrected chi connectivity index (χ4v) is 3.94. The van der Waals surface area contributed by atoms with E-state index >= 15 is 0 Å². The maximum absolute atomic E-state index is 6.35. The molecule has 0 saturated carbocycles. The first kappa shape index (κ1) is 19.0. The molecule has 0 spiro atoms. The van der Waals surface area contributed by atoms with Gasteiger partial charge >= 0.3 is 0 Å². The lowest BCUT2D eigenvalue weighted by Crippen LogP contribution is -2.36. The van der Waals surface area contributed by atoms with Gasteiger partial charge in [-0.2, -0.15) is 5.10 Å². The van der Waals surface area contributed by atoms with Crippen molar-refractivity contribution in [1.82, 2.24) is 24.7 Å². The van der Waals surface area contributed by atoms with Gasteiger partial charge in [-0.1, -0.05) is 29.3 Å². The monoisotopic (exact) mass is 441 g/mol. The molecule has 5 rings (SSSR count). The van der Waals surface area contributed by atoms with Crippen molar-refractivity contribution >= 4 is 51.6 Å². The highest BCUT2D eigenvalue weighted by Gasteiger charge is 2.15. The van der Waals surface area contributed by atoms with Crippen LogP contribution in [0.2, 0.25) is 10.0 Å². The van der Waals surface area contributed by atoms with Gasteiger partial charge in [0.15, 0.2) is 0 Å². The molecule has 0 radical (unpaired) electrons. The van der Waals surface area contributed by atoms with Gasteiger partial charge < -0.3 is 15.0 Å². The zero-order valence-corrected chi connectivity index (χ0v) is 17.3. The molecule has 30 heavy (non-hydrogen) atoms. The summed E-state index contributed by atoms with van der Waals surface area (Å²) in [4.78, 5) is 15.4. The van der Waals surface area contributed by atoms with Crippen molar-refractivity contribution in [1.29, 1.82) is 0 Å². The quantitative estimate of drug-likeness (QED) is 0.510. The van der Waals surface area contributed by atoms with Crippen LogP contribution in [0.4, 0.5) is 17.5 Å². The minimum atomic E-state index is 0.517. The Kier molecular flexibility index (Phi) is 5.12. The first-order valence-corrected chi connectivity index (χ1v) is 10.2. The number of para-hydroxylation sites is 1. The normalized spacial score (nSPS) is 14.3. The van der Waals surface area contributed by atoms with Crippen LogP contribution in [0.3, 0.4) is 0 Å². The van der Waals surface area contributed by atoms with Crippen LogP contribution < -0.4 is 10.2 Å². The molecular weight excluding hydrogens is 425 g/mol. The molecule has 0 unspecified atom stereocenters. The highest BCUT2D eigenvalue weighted by molar-refractivity contribution is 6.37. The summed E-state index contributed by atoms with van der Waals surface area (Å²) < 4.78 is 7.08. The van der Waals surface area contributed by atoms with Crippen molar-refractivity contribution in [2.75, 3.05) is 36.5 Å². The molecule has 3 aromatic heterocycles. The fraction of sp³-hybridized carbons (Fsp3) is 0.200. The molecule has 1 saturated heterocycles. The summed E-state index contributed by atoms with van der Waals surface area (Å²) in [5, 5.41) is 9.75. The average Bonchev–Trinajstić information content (AvgIpc) is 3.19. The van der Waals surface area contributed by atoms with E-state index in [1.54, 1.807) is 35.4 Å². The predicted molar refractivity (Wildman–Crippen MR) is 117 cm³/mol. The molecule has 0 atom stereocenters. The predicted octanol–water partition coefficient (Wildman–Crippen LogP) is 4.10. The third kappa shape index (κ3) is 3.65. The van der Waals surface area contributed by atoms with E-state index in [0.717, 1.165) is 29.8 Å². The first-order valence-electron chi connectivity index (χ1n) is 9.39. The van der Waals surface area contributed by atoms with Crippen molar-refractivity contribution in [2.45, 2.75) is 0 Å². The van der Waals surface area contributed by atoms with Gasteiger partial charge in [0.2, 0.25) is 0 Å². The Labute approximate surface area is 182 Å². The fourth-order valence-electron chi connectivity index (χ4n) is 3.37. The van der Waals surface area contributed by atoms with Gasteiger partial charge in [-0.3, -0.25) is 0 Å². The van der Waals surface area contributed by atoms with E-state index in [0.29, 0.717) is 40.6 Å². The maximum Gasteiger partial charge on any atom is 0.142 e. The highest BCUT2D eigenvalue weighted by Crippen LogP contribution is 2.31. The second-order valence-electron chi connectivity index (χ2n) is 6.72. The molecule has 1 N–H and O–H groups in total. The number of pyridine rings is 1. The van der Waals surface area contributed by atoms with Gasteiger partial charge in [0.25, 0.3) is 0 Å². The van der Waals surface area contributed by atoms with Gasteiger partial charge in [-0.05, 0) is 18.2 Å². The molecule has 8 nitrogen and oxygen atoms in total. The number of hydrogen-bond donors (Lipinski definition) is 1. The Bertz CT molecular complexity index is 1190. The largest absolute Gasteiger partial charge is 0.378 e. The molecule has 0 aliphatic carbocycles. The van der Waals surface area contributed by atoms with Gasteiger partial charge in [-0.15, -0.1) is 0 Å². The Morgan fingerprint density at radius 2 is 1.80 bits per heavy atom. The number of benzene rings is 1. The molecule has 1 aromatic carbocycles. The number of hydrogen-bond acceptors (Lipinski definition) is 7. The molecule has 1 fully saturated rings. The first-order chi connectivity index (χ1) is 14.7. The molecule has 4 heterocycles. The number of nitrogens with zero attached hydrogens (tertiary/aromatic N) is 6. The second-order valence-corrected chi connectivity index (χ2v) is 7.54. The molecule has 10 heteroatoms. The number of anilines is 3. The Hall–Kier alpha value is -2.94. The van der Waals surface area contributed by atoms with Crippen molar-refractivity contribution in [3.63, 3.8) is 0 Å². The van der Waals surface area contributed by atoms with Crippen LogP contribution in [-0.2, 0) is 4.74 Å². The number of fused-ring (bicyclic) bond motifs is 1. The van der Waals surface area contributed by atoms with Crippen molar-refractivity contribution in [3.8, 4) is 5.69 Å². The molecule has 1 aliphatic rings. The van der Waals surface area contributed by atoms with Gasteiger partial charge in [-0.25, -0.2) is 19.6 Å². The summed E-state index contributed by atoms with van der Waals surface area (Å²) in [6.45, 7) is 2.99. The van der Waals surface area contributed by atoms with Gasteiger partial charge in [0, 0.05) is 31.5 Å².